The molecule has 1 heterocycles. The number of hydrogen-bond donors (Lipinski definition) is 1. The van der Waals surface area contributed by atoms with Gasteiger partial charge in [0.1, 0.15) is 0 Å². The molecule has 1 aliphatic heterocycles. The van der Waals surface area contributed by atoms with Crippen LogP contribution in [0.2, 0.25) is 5.02 Å². The molecule has 0 saturated carbocycles. The highest BCUT2D eigenvalue weighted by atomic mass is 127. The summed E-state index contributed by atoms with van der Waals surface area (Å²) in [5, 5.41) is 3.87. The lowest BCUT2D eigenvalue weighted by atomic mass is 9.58. The third kappa shape index (κ3) is 3.23. The number of hydrogen-bond acceptors (Lipinski definition) is 1. The second kappa shape index (κ2) is 7.25. The number of benzene rings is 2. The molecule has 2 nitrogen and oxygen atoms in total. The Morgan fingerprint density at radius 2 is 1.74 bits per heavy atom. The molecule has 1 aliphatic carbocycles. The van der Waals surface area contributed by atoms with Gasteiger partial charge in [0.2, 0.25) is 5.91 Å². The molecular formula is C23H23ClINO. The van der Waals surface area contributed by atoms with E-state index in [4.69, 9.17) is 11.6 Å². The standard InChI is InChI=1S/C23H23ClINO/c1-14-11-23(2)19(13-26-22(23)27)21(17-5-3-15(12-25)4-6-17)20(14)16-7-9-18(24)10-8-16/h3-11,19-21H,12-13H2,1-2H3,(H,26,27)/t19-,20-,21+,23+/m0/s1. The van der Waals surface area contributed by atoms with Crippen molar-refractivity contribution in [2.24, 2.45) is 11.3 Å². The molecule has 0 spiro atoms. The highest BCUT2D eigenvalue weighted by molar-refractivity contribution is 14.1. The van der Waals surface area contributed by atoms with Crippen molar-refractivity contribution in [2.75, 3.05) is 6.54 Å². The number of amides is 1. The van der Waals surface area contributed by atoms with E-state index in [0.29, 0.717) is 0 Å². The van der Waals surface area contributed by atoms with Gasteiger partial charge >= 0.3 is 0 Å². The van der Waals surface area contributed by atoms with Gasteiger partial charge in [-0.25, -0.2) is 0 Å². The second-order valence-corrected chi connectivity index (χ2v) is 9.12. The van der Waals surface area contributed by atoms with Gasteiger partial charge in [-0.15, -0.1) is 0 Å². The molecule has 0 aromatic heterocycles. The van der Waals surface area contributed by atoms with Crippen molar-refractivity contribution in [3.8, 4) is 0 Å². The Labute approximate surface area is 179 Å². The molecule has 0 bridgehead atoms. The van der Waals surface area contributed by atoms with Crippen LogP contribution in [0.25, 0.3) is 0 Å². The van der Waals surface area contributed by atoms with E-state index in [9.17, 15) is 4.79 Å². The quantitative estimate of drug-likeness (QED) is 0.325. The number of nitrogens with one attached hydrogen (secondary N) is 1. The molecule has 2 aromatic carbocycles. The lowest BCUT2D eigenvalue weighted by Crippen LogP contribution is -2.39. The summed E-state index contributed by atoms with van der Waals surface area (Å²) in [6, 6.07) is 17.1. The van der Waals surface area contributed by atoms with E-state index in [-0.39, 0.29) is 23.7 Å². The van der Waals surface area contributed by atoms with E-state index < -0.39 is 5.41 Å². The van der Waals surface area contributed by atoms with Crippen molar-refractivity contribution in [1.29, 1.82) is 0 Å². The first-order valence-corrected chi connectivity index (χ1v) is 11.2. The molecule has 1 amide bonds. The number of alkyl halides is 1. The maximum Gasteiger partial charge on any atom is 0.230 e. The maximum atomic E-state index is 12.7. The first-order chi connectivity index (χ1) is 12.9. The molecular weight excluding hydrogens is 469 g/mol. The average Bonchev–Trinajstić information content (AvgIpc) is 2.96. The Morgan fingerprint density at radius 3 is 2.37 bits per heavy atom. The third-order valence-corrected chi connectivity index (χ3v) is 7.43. The summed E-state index contributed by atoms with van der Waals surface area (Å²) in [6.07, 6.45) is 2.20. The van der Waals surface area contributed by atoms with Crippen molar-refractivity contribution in [3.63, 3.8) is 0 Å². The van der Waals surface area contributed by atoms with Crippen LogP contribution >= 0.6 is 34.2 Å². The van der Waals surface area contributed by atoms with Gasteiger partial charge in [-0.05, 0) is 42.7 Å². The van der Waals surface area contributed by atoms with Crippen molar-refractivity contribution in [3.05, 3.63) is 81.9 Å². The highest BCUT2D eigenvalue weighted by Gasteiger charge is 2.53. The fraction of sp³-hybridized carbons (Fsp3) is 0.348. The summed E-state index contributed by atoms with van der Waals surface area (Å²) in [5.74, 6) is 0.886. The van der Waals surface area contributed by atoms with Gasteiger partial charge in [0.15, 0.2) is 0 Å². The minimum atomic E-state index is -0.445. The minimum absolute atomic E-state index is 0.148. The first kappa shape index (κ1) is 19.0. The number of carbonyl (C=O) groups is 1. The summed E-state index contributed by atoms with van der Waals surface area (Å²) in [5.41, 5.74) is 4.71. The summed E-state index contributed by atoms with van der Waals surface area (Å²) < 4.78 is 1.00. The Hall–Kier alpha value is -1.33. The molecule has 1 saturated heterocycles. The smallest absolute Gasteiger partial charge is 0.230 e. The number of fused-ring (bicyclic) bond motifs is 1. The fourth-order valence-electron chi connectivity index (χ4n) is 4.92. The van der Waals surface area contributed by atoms with Crippen LogP contribution in [0, 0.1) is 11.3 Å². The topological polar surface area (TPSA) is 29.1 Å². The monoisotopic (exact) mass is 491 g/mol. The van der Waals surface area contributed by atoms with Crippen molar-refractivity contribution in [2.45, 2.75) is 30.1 Å². The summed E-state index contributed by atoms with van der Waals surface area (Å²) >= 11 is 8.53. The van der Waals surface area contributed by atoms with Crippen LogP contribution in [-0.2, 0) is 9.22 Å². The van der Waals surface area contributed by atoms with Crippen LogP contribution in [0.3, 0.4) is 0 Å². The fourth-order valence-corrected chi connectivity index (χ4v) is 5.55. The zero-order valence-electron chi connectivity index (χ0n) is 15.5. The molecule has 140 valence electrons. The lowest BCUT2D eigenvalue weighted by Gasteiger charge is -2.43. The van der Waals surface area contributed by atoms with Gasteiger partial charge in [-0.1, -0.05) is 82.2 Å². The Morgan fingerprint density at radius 1 is 1.11 bits per heavy atom. The summed E-state index contributed by atoms with van der Waals surface area (Å²) in [4.78, 5) is 12.7. The zero-order valence-corrected chi connectivity index (χ0v) is 18.4. The molecule has 4 atom stereocenters. The van der Waals surface area contributed by atoms with E-state index in [1.165, 1.54) is 22.3 Å². The van der Waals surface area contributed by atoms with Crippen LogP contribution in [0.5, 0.6) is 0 Å². The Bertz CT molecular complexity index is 890. The van der Waals surface area contributed by atoms with E-state index >= 15 is 0 Å². The Kier molecular flexibility index (Phi) is 5.10. The van der Waals surface area contributed by atoms with Gasteiger partial charge in [0.05, 0.1) is 5.41 Å². The molecule has 2 aliphatic rings. The zero-order chi connectivity index (χ0) is 19.2. The average molecular weight is 492 g/mol. The van der Waals surface area contributed by atoms with Crippen LogP contribution in [0.1, 0.15) is 42.4 Å². The van der Waals surface area contributed by atoms with Crippen LogP contribution < -0.4 is 5.32 Å². The largest absolute Gasteiger partial charge is 0.355 e. The van der Waals surface area contributed by atoms with Crippen LogP contribution in [0.15, 0.2) is 60.2 Å². The van der Waals surface area contributed by atoms with Gasteiger partial charge in [-0.3, -0.25) is 4.79 Å². The molecule has 0 unspecified atom stereocenters. The maximum absolute atomic E-state index is 12.7. The Balaban J connectivity index is 1.87. The number of rotatable bonds is 3. The second-order valence-electron chi connectivity index (χ2n) is 7.92. The van der Waals surface area contributed by atoms with E-state index in [1.54, 1.807) is 0 Å². The molecule has 27 heavy (non-hydrogen) atoms. The van der Waals surface area contributed by atoms with Gasteiger partial charge < -0.3 is 5.32 Å². The van der Waals surface area contributed by atoms with Crippen molar-refractivity contribution < 1.29 is 4.79 Å². The summed E-state index contributed by atoms with van der Waals surface area (Å²) in [6.45, 7) is 4.98. The predicted molar refractivity (Wildman–Crippen MR) is 119 cm³/mol. The molecule has 4 rings (SSSR count). The number of carbonyl (C=O) groups excluding carboxylic acids is 1. The van der Waals surface area contributed by atoms with E-state index in [0.717, 1.165) is 16.0 Å². The van der Waals surface area contributed by atoms with Gasteiger partial charge in [0, 0.05) is 33.7 Å². The molecule has 0 radical (unpaired) electrons. The predicted octanol–water partition coefficient (Wildman–Crippen LogP) is 5.85. The van der Waals surface area contributed by atoms with E-state index in [1.807, 2.05) is 12.1 Å². The van der Waals surface area contributed by atoms with Crippen molar-refractivity contribution >= 4 is 40.1 Å². The minimum Gasteiger partial charge on any atom is -0.355 e. The van der Waals surface area contributed by atoms with Crippen LogP contribution in [-0.4, -0.2) is 12.5 Å². The molecule has 4 heteroatoms. The molecule has 2 aromatic rings. The van der Waals surface area contributed by atoms with Gasteiger partial charge in [0.25, 0.3) is 0 Å². The highest BCUT2D eigenvalue weighted by Crippen LogP contribution is 2.55. The van der Waals surface area contributed by atoms with Gasteiger partial charge in [-0.2, -0.15) is 0 Å². The number of allylic oxidation sites excluding steroid dienone is 1. The first-order valence-electron chi connectivity index (χ1n) is 9.32. The number of halogens is 2. The SMILES string of the molecule is CC1=C[C@@]2(C)C(=O)NC[C@H]2[C@@H](c2ccc(CI)cc2)[C@@H]1c1ccc(Cl)cc1. The molecule has 1 fully saturated rings. The lowest BCUT2D eigenvalue weighted by molar-refractivity contribution is -0.126. The van der Waals surface area contributed by atoms with Crippen molar-refractivity contribution in [1.82, 2.24) is 5.32 Å². The van der Waals surface area contributed by atoms with E-state index in [2.05, 4.69) is 84.2 Å². The van der Waals surface area contributed by atoms with Crippen LogP contribution in [0.4, 0.5) is 0 Å². The summed E-state index contributed by atoms with van der Waals surface area (Å²) in [7, 11) is 0. The third-order valence-electron chi connectivity index (χ3n) is 6.30. The normalized spacial score (nSPS) is 29.9. The molecule has 1 N–H and O–H groups in total.